The van der Waals surface area contributed by atoms with E-state index in [1.807, 2.05) is 0 Å². The predicted octanol–water partition coefficient (Wildman–Crippen LogP) is 6.27. The van der Waals surface area contributed by atoms with E-state index >= 15 is 4.79 Å². The Labute approximate surface area is 405 Å². The maximum Gasteiger partial charge on any atom is 0.408 e. The number of ketones is 1. The number of Topliss-reactive ketones (excluding diaryl/α,β-unsaturated/α-hetero) is 1. The molecule has 4 N–H and O–H groups in total. The molecule has 380 valence electrons. The molecule has 1 heterocycles. The van der Waals surface area contributed by atoms with E-state index < -0.39 is 118 Å². The van der Waals surface area contributed by atoms with E-state index in [1.165, 1.54) is 33.3 Å². The monoisotopic (exact) mass is 964 g/mol. The summed E-state index contributed by atoms with van der Waals surface area (Å²) in [5.74, 6) is -5.27. The van der Waals surface area contributed by atoms with Crippen molar-refractivity contribution in [2.24, 2.45) is 22.5 Å². The number of amides is 1. The van der Waals surface area contributed by atoms with Gasteiger partial charge in [0.15, 0.2) is 11.4 Å². The highest BCUT2D eigenvalue weighted by Crippen LogP contribution is 2.61. The lowest BCUT2D eigenvalue weighted by atomic mass is 9.48. The molecule has 69 heavy (non-hydrogen) atoms. The standard InChI is InChI=1S/C52H72N2O15/c1-31-28-49(7,8)52(61,29-36(31)65-46(59)41(66-39(56)25-19-14-20-26-53)40(34-21-15-12-16-22-34)54-47(60)69-48(4,5)6)44(67-45(58)35-23-17-13-18-24-35)42-50(9,43(57)32(2)62-10)37(63-11)27-38-51(42,30-64-38)68-33(3)55/h12-13,15-18,21-24,28,32,36-38,40-42,44,61H,14,19-20,25-27,29-30,53H2,1-11H3,(H,54,60)/t32-,36+,37+,38?,40+,41-,42+,44+,50-,51+,52-/m1/s1. The van der Waals surface area contributed by atoms with Gasteiger partial charge in [-0.05, 0) is 84.2 Å². The number of rotatable bonds is 20. The number of nitrogens with two attached hydrogens (primary N) is 1. The molecule has 17 nitrogen and oxygen atoms in total. The first kappa shape index (κ1) is 54.7. The van der Waals surface area contributed by atoms with Gasteiger partial charge in [0.2, 0.25) is 6.10 Å². The van der Waals surface area contributed by atoms with Gasteiger partial charge in [0.05, 0.1) is 29.6 Å². The van der Waals surface area contributed by atoms with Crippen molar-refractivity contribution in [3.05, 3.63) is 83.4 Å². The number of esters is 4. The van der Waals surface area contributed by atoms with Gasteiger partial charge in [0, 0.05) is 45.8 Å². The van der Waals surface area contributed by atoms with Crippen molar-refractivity contribution in [2.45, 2.75) is 160 Å². The Morgan fingerprint density at radius 1 is 0.928 bits per heavy atom. The molecule has 17 heteroatoms. The second-order valence-electron chi connectivity index (χ2n) is 20.2. The van der Waals surface area contributed by atoms with Crippen molar-refractivity contribution >= 4 is 35.8 Å². The molecule has 2 aliphatic carbocycles. The van der Waals surface area contributed by atoms with E-state index in [4.69, 9.17) is 43.6 Å². The fourth-order valence-electron chi connectivity index (χ4n) is 10.3. The third-order valence-electron chi connectivity index (χ3n) is 13.9. The Kier molecular flexibility index (Phi) is 17.7. The van der Waals surface area contributed by atoms with Crippen LogP contribution in [0.5, 0.6) is 0 Å². The van der Waals surface area contributed by atoms with Crippen LogP contribution in [0.4, 0.5) is 4.79 Å². The van der Waals surface area contributed by atoms with Gasteiger partial charge in [-0.3, -0.25) is 14.4 Å². The SMILES string of the molecule is CO[C@H]1CC2OC[C@@]2(OC(C)=O)[C@@H]([C@H](OC(=O)c2ccccc2)[C@]2(O)C[C@H](OC(=O)[C@H](OC(=O)CCCCCN)[C@@H](NC(=O)OC(C)(C)C)c3ccccc3)C(C)=CC2(C)C)[C@]1(C)C(=O)[C@@H](C)OC. The summed E-state index contributed by atoms with van der Waals surface area (Å²) < 4.78 is 48.5. The average molecular weight is 965 g/mol. The number of hydrogen-bond donors (Lipinski definition) is 3. The molecule has 5 rings (SSSR count). The number of methoxy groups -OCH3 is 2. The normalized spacial score (nSPS) is 27.9. The fraction of sp³-hybridized carbons (Fsp3) is 0.615. The van der Waals surface area contributed by atoms with Crippen LogP contribution in [0.3, 0.4) is 0 Å². The lowest BCUT2D eigenvalue weighted by Gasteiger charge is -2.66. The van der Waals surface area contributed by atoms with Gasteiger partial charge in [-0.25, -0.2) is 14.4 Å². The molecule has 2 fully saturated rings. The predicted molar refractivity (Wildman–Crippen MR) is 251 cm³/mol. The van der Waals surface area contributed by atoms with Crippen LogP contribution < -0.4 is 11.1 Å². The summed E-state index contributed by atoms with van der Waals surface area (Å²) in [5, 5.41) is 16.6. The van der Waals surface area contributed by atoms with Crippen LogP contribution in [0.25, 0.3) is 0 Å². The molecule has 0 aromatic heterocycles. The van der Waals surface area contributed by atoms with Crippen LogP contribution in [0.15, 0.2) is 72.3 Å². The third kappa shape index (κ3) is 11.9. The third-order valence-corrected chi connectivity index (χ3v) is 13.9. The Hall–Kier alpha value is -5.20. The van der Waals surface area contributed by atoms with Crippen molar-refractivity contribution in [1.29, 1.82) is 0 Å². The molecular weight excluding hydrogens is 893 g/mol. The molecule has 0 spiro atoms. The van der Waals surface area contributed by atoms with E-state index in [0.717, 1.165) is 0 Å². The maximum atomic E-state index is 15.0. The van der Waals surface area contributed by atoms with E-state index in [1.54, 1.807) is 110 Å². The Morgan fingerprint density at radius 2 is 1.57 bits per heavy atom. The number of benzene rings is 2. The Balaban J connectivity index is 1.68. The van der Waals surface area contributed by atoms with Crippen LogP contribution in [0, 0.1) is 16.7 Å². The molecule has 0 bridgehead atoms. The summed E-state index contributed by atoms with van der Waals surface area (Å²) in [7, 11) is 2.80. The number of nitrogens with one attached hydrogen (secondary N) is 1. The number of aliphatic hydroxyl groups is 1. The van der Waals surface area contributed by atoms with Crippen LogP contribution in [0.1, 0.15) is 123 Å². The summed E-state index contributed by atoms with van der Waals surface area (Å²) in [5.41, 5.74) is -1.28. The number of carbonyl (C=O) groups excluding carboxylic acids is 6. The molecule has 3 aliphatic rings. The van der Waals surface area contributed by atoms with E-state index in [2.05, 4.69) is 5.32 Å². The molecule has 1 saturated carbocycles. The first-order chi connectivity index (χ1) is 32.4. The second kappa shape index (κ2) is 22.3. The molecule has 1 unspecified atom stereocenters. The first-order valence-corrected chi connectivity index (χ1v) is 23.6. The maximum absolute atomic E-state index is 15.0. The molecule has 2 aromatic rings. The summed E-state index contributed by atoms with van der Waals surface area (Å²) in [6.07, 6.45) is -5.64. The summed E-state index contributed by atoms with van der Waals surface area (Å²) in [4.78, 5) is 84.8. The summed E-state index contributed by atoms with van der Waals surface area (Å²) in [6.45, 7) is 14.8. The van der Waals surface area contributed by atoms with Gasteiger partial charge in [-0.15, -0.1) is 0 Å². The smallest absolute Gasteiger partial charge is 0.408 e. The highest BCUT2D eigenvalue weighted by molar-refractivity contribution is 5.91. The number of ether oxygens (including phenoxy) is 8. The molecule has 11 atom stereocenters. The summed E-state index contributed by atoms with van der Waals surface area (Å²) in [6, 6.07) is 15.1. The Morgan fingerprint density at radius 3 is 2.12 bits per heavy atom. The zero-order valence-electron chi connectivity index (χ0n) is 41.9. The van der Waals surface area contributed by atoms with Crippen molar-refractivity contribution in [1.82, 2.24) is 5.32 Å². The number of fused-ring (bicyclic) bond motifs is 1. The van der Waals surface area contributed by atoms with Crippen molar-refractivity contribution in [3.63, 3.8) is 0 Å². The van der Waals surface area contributed by atoms with Gasteiger partial charge < -0.3 is 54.1 Å². The zero-order valence-corrected chi connectivity index (χ0v) is 41.9. The van der Waals surface area contributed by atoms with Crippen LogP contribution in [0.2, 0.25) is 0 Å². The van der Waals surface area contributed by atoms with Crippen molar-refractivity contribution in [2.75, 3.05) is 27.4 Å². The fourth-order valence-corrected chi connectivity index (χ4v) is 10.3. The molecule has 1 aliphatic heterocycles. The second-order valence-corrected chi connectivity index (χ2v) is 20.2. The van der Waals surface area contributed by atoms with Gasteiger partial charge >= 0.3 is 30.0 Å². The number of hydrogen-bond acceptors (Lipinski definition) is 16. The topological polar surface area (TPSA) is 235 Å². The highest BCUT2D eigenvalue weighted by Gasteiger charge is 2.76. The minimum atomic E-state index is -2.27. The average Bonchev–Trinajstić information content (AvgIpc) is 3.28. The van der Waals surface area contributed by atoms with Gasteiger partial charge in [-0.1, -0.05) is 74.9 Å². The number of unbranched alkanes of at least 4 members (excludes halogenated alkanes) is 2. The minimum Gasteiger partial charge on any atom is -0.455 e. The first-order valence-electron chi connectivity index (χ1n) is 23.6. The highest BCUT2D eigenvalue weighted by atomic mass is 16.6. The van der Waals surface area contributed by atoms with Crippen LogP contribution in [-0.2, 0) is 57.1 Å². The molecule has 0 radical (unpaired) electrons. The quantitative estimate of drug-likeness (QED) is 0.0574. The number of carbonyl (C=O) groups is 6. The molecule has 1 saturated heterocycles. The Bertz CT molecular complexity index is 2180. The van der Waals surface area contributed by atoms with E-state index in [-0.39, 0.29) is 25.0 Å². The van der Waals surface area contributed by atoms with Crippen molar-refractivity contribution in [3.8, 4) is 0 Å². The number of alkyl carbamates (subject to hydrolysis) is 1. The van der Waals surface area contributed by atoms with Gasteiger partial charge in [-0.2, -0.15) is 0 Å². The lowest BCUT2D eigenvalue weighted by Crippen LogP contribution is -2.80. The van der Waals surface area contributed by atoms with Gasteiger partial charge in [0.1, 0.15) is 41.7 Å². The van der Waals surface area contributed by atoms with Crippen LogP contribution >= 0.6 is 0 Å². The van der Waals surface area contributed by atoms with Crippen molar-refractivity contribution < 1.29 is 71.8 Å². The van der Waals surface area contributed by atoms with E-state index in [0.29, 0.717) is 36.9 Å². The summed E-state index contributed by atoms with van der Waals surface area (Å²) >= 11 is 0. The van der Waals surface area contributed by atoms with E-state index in [9.17, 15) is 29.1 Å². The minimum absolute atomic E-state index is 0.0691. The lowest BCUT2D eigenvalue weighted by molar-refractivity contribution is -0.345. The molecular formula is C52H72N2O15. The zero-order chi connectivity index (χ0) is 51.1. The molecule has 2 aromatic carbocycles. The largest absolute Gasteiger partial charge is 0.455 e. The molecule has 1 amide bonds. The van der Waals surface area contributed by atoms with Gasteiger partial charge in [0.25, 0.3) is 0 Å². The van der Waals surface area contributed by atoms with Crippen LogP contribution in [-0.4, -0.2) is 122 Å².